The Hall–Kier alpha value is -2.50. The summed E-state index contributed by atoms with van der Waals surface area (Å²) in [5, 5.41) is 10.2. The van der Waals surface area contributed by atoms with Crippen LogP contribution in [0.2, 0.25) is 0 Å². The number of halogens is 1. The van der Waals surface area contributed by atoms with E-state index in [0.717, 1.165) is 5.69 Å². The number of anilines is 2. The lowest BCUT2D eigenvalue weighted by Crippen LogP contribution is -1.97. The monoisotopic (exact) mass is 243 g/mol. The molecule has 0 unspecified atom stereocenters. The standard InChI is InChI=1S/C12H10FN5/c1-7-5-10(18-17-7)16-12-11-8(13)3-2-4-9(11)14-6-15-12/h2-6H,1H3,(H2,14,15,16,17,18). The van der Waals surface area contributed by atoms with Crippen LogP contribution >= 0.6 is 0 Å². The zero-order chi connectivity index (χ0) is 12.5. The van der Waals surface area contributed by atoms with Gasteiger partial charge in [-0.3, -0.25) is 5.10 Å². The molecule has 0 amide bonds. The first-order valence-corrected chi connectivity index (χ1v) is 5.42. The van der Waals surface area contributed by atoms with E-state index in [2.05, 4.69) is 25.5 Å². The van der Waals surface area contributed by atoms with Crippen molar-refractivity contribution < 1.29 is 4.39 Å². The quantitative estimate of drug-likeness (QED) is 0.725. The highest BCUT2D eigenvalue weighted by atomic mass is 19.1. The first-order chi connectivity index (χ1) is 8.74. The van der Waals surface area contributed by atoms with Crippen molar-refractivity contribution in [2.45, 2.75) is 6.92 Å². The van der Waals surface area contributed by atoms with Crippen molar-refractivity contribution in [1.29, 1.82) is 0 Å². The molecule has 2 aromatic heterocycles. The van der Waals surface area contributed by atoms with Gasteiger partial charge in [-0.05, 0) is 19.1 Å². The van der Waals surface area contributed by atoms with Crippen LogP contribution in [0.4, 0.5) is 16.0 Å². The number of rotatable bonds is 2. The summed E-state index contributed by atoms with van der Waals surface area (Å²) in [6.07, 6.45) is 1.39. The molecule has 3 aromatic rings. The minimum atomic E-state index is -0.358. The molecule has 0 saturated carbocycles. The zero-order valence-electron chi connectivity index (χ0n) is 9.61. The van der Waals surface area contributed by atoms with E-state index in [-0.39, 0.29) is 5.82 Å². The summed E-state index contributed by atoms with van der Waals surface area (Å²) < 4.78 is 13.8. The van der Waals surface area contributed by atoms with Gasteiger partial charge in [0.2, 0.25) is 0 Å². The Kier molecular flexibility index (Phi) is 2.40. The van der Waals surface area contributed by atoms with Crippen LogP contribution in [0.15, 0.2) is 30.6 Å². The largest absolute Gasteiger partial charge is 0.323 e. The van der Waals surface area contributed by atoms with Crippen molar-refractivity contribution >= 4 is 22.5 Å². The van der Waals surface area contributed by atoms with Crippen molar-refractivity contribution in [3.05, 3.63) is 42.1 Å². The van der Waals surface area contributed by atoms with Gasteiger partial charge < -0.3 is 5.32 Å². The number of fused-ring (bicyclic) bond motifs is 1. The Bertz CT molecular complexity index is 701. The number of hydrogen-bond donors (Lipinski definition) is 2. The number of aromatic amines is 1. The summed E-state index contributed by atoms with van der Waals surface area (Å²) in [6.45, 7) is 1.89. The maximum atomic E-state index is 13.8. The maximum absolute atomic E-state index is 13.8. The van der Waals surface area contributed by atoms with Gasteiger partial charge in [0.1, 0.15) is 18.0 Å². The predicted octanol–water partition coefficient (Wildman–Crippen LogP) is 2.54. The van der Waals surface area contributed by atoms with E-state index in [1.807, 2.05) is 13.0 Å². The van der Waals surface area contributed by atoms with Crippen LogP contribution in [-0.4, -0.2) is 20.2 Å². The van der Waals surface area contributed by atoms with Gasteiger partial charge in [0, 0.05) is 11.8 Å². The number of benzene rings is 1. The molecular weight excluding hydrogens is 233 g/mol. The highest BCUT2D eigenvalue weighted by molar-refractivity contribution is 5.90. The van der Waals surface area contributed by atoms with Gasteiger partial charge >= 0.3 is 0 Å². The lowest BCUT2D eigenvalue weighted by atomic mass is 10.2. The minimum absolute atomic E-state index is 0.358. The van der Waals surface area contributed by atoms with Crippen molar-refractivity contribution in [1.82, 2.24) is 20.2 Å². The van der Waals surface area contributed by atoms with E-state index in [9.17, 15) is 4.39 Å². The Morgan fingerprint density at radius 3 is 2.94 bits per heavy atom. The van der Waals surface area contributed by atoms with Crippen LogP contribution in [0.5, 0.6) is 0 Å². The smallest absolute Gasteiger partial charge is 0.153 e. The fraction of sp³-hybridized carbons (Fsp3) is 0.0833. The first kappa shape index (κ1) is 10.6. The van der Waals surface area contributed by atoms with Crippen LogP contribution in [0, 0.1) is 12.7 Å². The molecule has 5 nitrogen and oxygen atoms in total. The fourth-order valence-corrected chi connectivity index (χ4v) is 1.77. The third-order valence-corrected chi connectivity index (χ3v) is 2.56. The van der Waals surface area contributed by atoms with Crippen LogP contribution in [-0.2, 0) is 0 Å². The van der Waals surface area contributed by atoms with E-state index in [1.54, 1.807) is 12.1 Å². The molecule has 2 N–H and O–H groups in total. The molecule has 90 valence electrons. The number of aryl methyl sites for hydroxylation is 1. The van der Waals surface area contributed by atoms with E-state index in [1.165, 1.54) is 12.4 Å². The number of nitrogens with one attached hydrogen (secondary N) is 2. The number of hydrogen-bond acceptors (Lipinski definition) is 4. The molecular formula is C12H10FN5. The van der Waals surface area contributed by atoms with Gasteiger partial charge in [-0.1, -0.05) is 6.07 Å². The summed E-state index contributed by atoms with van der Waals surface area (Å²) in [6, 6.07) is 6.55. The number of H-pyrrole nitrogens is 1. The molecule has 0 aliphatic heterocycles. The molecule has 0 bridgehead atoms. The lowest BCUT2D eigenvalue weighted by molar-refractivity contribution is 0.639. The molecule has 0 aliphatic rings. The molecule has 0 aliphatic carbocycles. The van der Waals surface area contributed by atoms with Gasteiger partial charge in [0.05, 0.1) is 10.9 Å². The molecule has 1 aromatic carbocycles. The molecule has 6 heteroatoms. The molecule has 0 radical (unpaired) electrons. The average molecular weight is 243 g/mol. The van der Waals surface area contributed by atoms with E-state index in [4.69, 9.17) is 0 Å². The van der Waals surface area contributed by atoms with Gasteiger partial charge in [-0.25, -0.2) is 14.4 Å². The van der Waals surface area contributed by atoms with Crippen molar-refractivity contribution in [2.24, 2.45) is 0 Å². The third-order valence-electron chi connectivity index (χ3n) is 2.56. The normalized spacial score (nSPS) is 10.8. The molecule has 0 atom stereocenters. The van der Waals surface area contributed by atoms with Crippen molar-refractivity contribution in [3.8, 4) is 0 Å². The van der Waals surface area contributed by atoms with E-state index < -0.39 is 0 Å². The SMILES string of the molecule is Cc1cc(Nc2ncnc3cccc(F)c23)n[nH]1. The Labute approximate surface area is 102 Å². The first-order valence-electron chi connectivity index (χ1n) is 5.42. The zero-order valence-corrected chi connectivity index (χ0v) is 9.61. The molecule has 18 heavy (non-hydrogen) atoms. The van der Waals surface area contributed by atoms with E-state index in [0.29, 0.717) is 22.5 Å². The summed E-state index contributed by atoms with van der Waals surface area (Å²) >= 11 is 0. The van der Waals surface area contributed by atoms with Crippen molar-refractivity contribution in [2.75, 3.05) is 5.32 Å². The Balaban J connectivity index is 2.11. The van der Waals surface area contributed by atoms with Crippen LogP contribution in [0.3, 0.4) is 0 Å². The highest BCUT2D eigenvalue weighted by Gasteiger charge is 2.09. The van der Waals surface area contributed by atoms with Crippen molar-refractivity contribution in [3.63, 3.8) is 0 Å². The van der Waals surface area contributed by atoms with Crippen LogP contribution < -0.4 is 5.32 Å². The fourth-order valence-electron chi connectivity index (χ4n) is 1.77. The minimum Gasteiger partial charge on any atom is -0.323 e. The summed E-state index contributed by atoms with van der Waals surface area (Å²) in [4.78, 5) is 8.09. The van der Waals surface area contributed by atoms with Gasteiger partial charge in [0.25, 0.3) is 0 Å². The second-order valence-electron chi connectivity index (χ2n) is 3.92. The highest BCUT2D eigenvalue weighted by Crippen LogP contribution is 2.24. The summed E-state index contributed by atoms with van der Waals surface area (Å²) in [7, 11) is 0. The lowest BCUT2D eigenvalue weighted by Gasteiger charge is -2.06. The van der Waals surface area contributed by atoms with Crippen LogP contribution in [0.1, 0.15) is 5.69 Å². The predicted molar refractivity (Wildman–Crippen MR) is 66.1 cm³/mol. The number of aromatic nitrogens is 4. The molecule has 3 rings (SSSR count). The van der Waals surface area contributed by atoms with E-state index >= 15 is 0 Å². The second-order valence-corrected chi connectivity index (χ2v) is 3.92. The van der Waals surface area contributed by atoms with Gasteiger partial charge in [0.15, 0.2) is 5.82 Å². The summed E-state index contributed by atoms with van der Waals surface area (Å²) in [5.74, 6) is 0.642. The molecule has 2 heterocycles. The molecule has 0 spiro atoms. The number of nitrogens with zero attached hydrogens (tertiary/aromatic N) is 3. The third kappa shape index (κ3) is 1.77. The molecule has 0 saturated heterocycles. The topological polar surface area (TPSA) is 66.5 Å². The van der Waals surface area contributed by atoms with Crippen LogP contribution in [0.25, 0.3) is 10.9 Å². The average Bonchev–Trinajstić information content (AvgIpc) is 2.75. The Morgan fingerprint density at radius 2 is 2.17 bits per heavy atom. The Morgan fingerprint density at radius 1 is 1.28 bits per heavy atom. The van der Waals surface area contributed by atoms with Gasteiger partial charge in [-0.15, -0.1) is 0 Å². The maximum Gasteiger partial charge on any atom is 0.153 e. The molecule has 0 fully saturated rings. The second kappa shape index (κ2) is 4.06. The summed E-state index contributed by atoms with van der Waals surface area (Å²) in [5.41, 5.74) is 1.47. The van der Waals surface area contributed by atoms with Gasteiger partial charge in [-0.2, -0.15) is 5.10 Å².